The molecule has 146 valence electrons. The minimum Gasteiger partial charge on any atom is -0.344 e. The van der Waals surface area contributed by atoms with Crippen LogP contribution in [0.2, 0.25) is 0 Å². The molecule has 0 aliphatic rings. The van der Waals surface area contributed by atoms with Crippen molar-refractivity contribution in [3.8, 4) is 0 Å². The number of nitrogens with zero attached hydrogens (tertiary/aromatic N) is 4. The molecule has 1 amide bonds. The van der Waals surface area contributed by atoms with Gasteiger partial charge in [-0.15, -0.1) is 0 Å². The third-order valence-electron chi connectivity index (χ3n) is 4.88. The van der Waals surface area contributed by atoms with Crippen molar-refractivity contribution in [1.29, 1.82) is 0 Å². The molecule has 0 saturated carbocycles. The van der Waals surface area contributed by atoms with E-state index in [1.165, 1.54) is 21.8 Å². The minimum atomic E-state index is -0.310. The second-order valence-electron chi connectivity index (χ2n) is 7.00. The summed E-state index contributed by atoms with van der Waals surface area (Å²) in [5.41, 5.74) is 3.30. The predicted octanol–water partition coefficient (Wildman–Crippen LogP) is 2.34. The lowest BCUT2D eigenvalue weighted by Gasteiger charge is -2.20. The summed E-state index contributed by atoms with van der Waals surface area (Å²) in [6, 6.07) is 17.5. The van der Waals surface area contributed by atoms with Gasteiger partial charge in [0.15, 0.2) is 5.65 Å². The van der Waals surface area contributed by atoms with Crippen molar-refractivity contribution in [2.45, 2.75) is 19.5 Å². The number of hydrogen-bond acceptors (Lipinski definition) is 4. The van der Waals surface area contributed by atoms with E-state index in [4.69, 9.17) is 0 Å². The number of benzene rings is 2. The average Bonchev–Trinajstić information content (AvgIpc) is 3.11. The molecule has 2 aromatic heterocycles. The highest BCUT2D eigenvalue weighted by atomic mass is 16.2. The van der Waals surface area contributed by atoms with Gasteiger partial charge in [0.1, 0.15) is 18.3 Å². The van der Waals surface area contributed by atoms with E-state index in [-0.39, 0.29) is 24.1 Å². The van der Waals surface area contributed by atoms with Crippen molar-refractivity contribution in [3.63, 3.8) is 0 Å². The largest absolute Gasteiger partial charge is 0.344 e. The minimum absolute atomic E-state index is 0.119. The zero-order valence-electron chi connectivity index (χ0n) is 16.2. The SMILES string of the molecule is Cc1ccc([C@H](NC(=O)Cn2cnc3c(cnn3C)c2=O)c2ccccc2)cc1. The zero-order chi connectivity index (χ0) is 20.4. The number of carbonyl (C=O) groups is 1. The molecule has 0 aliphatic carbocycles. The highest BCUT2D eigenvalue weighted by Gasteiger charge is 2.18. The van der Waals surface area contributed by atoms with E-state index in [0.717, 1.165) is 16.7 Å². The molecule has 0 radical (unpaired) electrons. The van der Waals surface area contributed by atoms with Crippen LogP contribution in [0.5, 0.6) is 0 Å². The second kappa shape index (κ2) is 7.71. The molecule has 2 aromatic carbocycles. The highest BCUT2D eigenvalue weighted by Crippen LogP contribution is 2.22. The standard InChI is InChI=1S/C22H21N5O2/c1-15-8-10-17(11-9-15)20(16-6-4-3-5-7-16)25-19(28)13-27-14-23-21-18(22(27)29)12-24-26(21)2/h3-12,14,20H,13H2,1-2H3,(H,25,28)/t20-/m1/s1. The van der Waals surface area contributed by atoms with Gasteiger partial charge in [0.25, 0.3) is 5.56 Å². The third kappa shape index (κ3) is 3.80. The van der Waals surface area contributed by atoms with Crippen LogP contribution in [-0.4, -0.2) is 25.2 Å². The highest BCUT2D eigenvalue weighted by molar-refractivity contribution is 5.78. The number of hydrogen-bond donors (Lipinski definition) is 1. The number of fused-ring (bicyclic) bond motifs is 1. The molecule has 1 atom stereocenters. The first-order valence-electron chi connectivity index (χ1n) is 9.31. The predicted molar refractivity (Wildman–Crippen MR) is 110 cm³/mol. The molecule has 0 bridgehead atoms. The third-order valence-corrected chi connectivity index (χ3v) is 4.88. The summed E-state index contributed by atoms with van der Waals surface area (Å²) < 4.78 is 2.83. The van der Waals surface area contributed by atoms with Crippen LogP contribution in [0.3, 0.4) is 0 Å². The molecular weight excluding hydrogens is 366 g/mol. The van der Waals surface area contributed by atoms with Gasteiger partial charge >= 0.3 is 0 Å². The fraction of sp³-hybridized carbons (Fsp3) is 0.182. The van der Waals surface area contributed by atoms with Crippen molar-refractivity contribution >= 4 is 16.9 Å². The van der Waals surface area contributed by atoms with Gasteiger partial charge in [-0.3, -0.25) is 18.8 Å². The molecule has 0 spiro atoms. The average molecular weight is 387 g/mol. The van der Waals surface area contributed by atoms with Gasteiger partial charge in [0.05, 0.1) is 12.2 Å². The molecule has 0 saturated heterocycles. The van der Waals surface area contributed by atoms with Gasteiger partial charge < -0.3 is 5.32 Å². The van der Waals surface area contributed by atoms with Crippen LogP contribution < -0.4 is 10.9 Å². The van der Waals surface area contributed by atoms with Crippen LogP contribution in [0.1, 0.15) is 22.7 Å². The molecule has 0 aliphatic heterocycles. The summed E-state index contributed by atoms with van der Waals surface area (Å²) in [5.74, 6) is -0.272. The Balaban J connectivity index is 1.61. The van der Waals surface area contributed by atoms with Crippen LogP contribution in [0, 0.1) is 6.92 Å². The first kappa shape index (κ1) is 18.6. The second-order valence-corrected chi connectivity index (χ2v) is 7.00. The summed E-state index contributed by atoms with van der Waals surface area (Å²) >= 11 is 0. The molecule has 29 heavy (non-hydrogen) atoms. The molecule has 7 nitrogen and oxygen atoms in total. The normalized spacial score (nSPS) is 12.1. The lowest BCUT2D eigenvalue weighted by molar-refractivity contribution is -0.122. The van der Waals surface area contributed by atoms with Crippen LogP contribution >= 0.6 is 0 Å². The zero-order valence-corrected chi connectivity index (χ0v) is 16.2. The lowest BCUT2D eigenvalue weighted by atomic mass is 9.98. The Morgan fingerprint density at radius 3 is 2.48 bits per heavy atom. The van der Waals surface area contributed by atoms with Gasteiger partial charge in [0, 0.05) is 7.05 Å². The summed E-state index contributed by atoms with van der Waals surface area (Å²) in [6.07, 6.45) is 2.85. The number of rotatable bonds is 5. The van der Waals surface area contributed by atoms with Crippen molar-refractivity contribution < 1.29 is 4.79 Å². The van der Waals surface area contributed by atoms with Crippen molar-refractivity contribution in [2.75, 3.05) is 0 Å². The first-order valence-corrected chi connectivity index (χ1v) is 9.31. The Bertz CT molecular complexity index is 1210. The van der Waals surface area contributed by atoms with Gasteiger partial charge in [-0.1, -0.05) is 60.2 Å². The Morgan fingerprint density at radius 1 is 1.07 bits per heavy atom. The molecular formula is C22H21N5O2. The number of carbonyl (C=O) groups excluding carboxylic acids is 1. The maximum Gasteiger partial charge on any atom is 0.264 e. The summed E-state index contributed by atoms with van der Waals surface area (Å²) in [4.78, 5) is 29.7. The topological polar surface area (TPSA) is 81.8 Å². The maximum atomic E-state index is 12.8. The maximum absolute atomic E-state index is 12.8. The molecule has 0 unspecified atom stereocenters. The van der Waals surface area contributed by atoms with Crippen LogP contribution in [0.25, 0.3) is 11.0 Å². The van der Waals surface area contributed by atoms with Gasteiger partial charge in [0.2, 0.25) is 5.91 Å². The Hall–Kier alpha value is -3.74. The number of amides is 1. The Morgan fingerprint density at radius 2 is 1.76 bits per heavy atom. The Labute approximate surface area is 167 Å². The lowest BCUT2D eigenvalue weighted by Crippen LogP contribution is -2.35. The van der Waals surface area contributed by atoms with Crippen molar-refractivity contribution in [2.24, 2.45) is 7.05 Å². The fourth-order valence-electron chi connectivity index (χ4n) is 3.30. The van der Waals surface area contributed by atoms with E-state index in [1.807, 2.05) is 61.5 Å². The van der Waals surface area contributed by atoms with Gasteiger partial charge in [-0.05, 0) is 18.1 Å². The number of aromatic nitrogens is 4. The molecule has 7 heteroatoms. The first-order chi connectivity index (χ1) is 14.0. The monoisotopic (exact) mass is 387 g/mol. The van der Waals surface area contributed by atoms with E-state index in [1.54, 1.807) is 7.05 Å². The summed E-state index contributed by atoms with van der Waals surface area (Å²) in [5, 5.41) is 7.49. The smallest absolute Gasteiger partial charge is 0.264 e. The van der Waals surface area contributed by atoms with Crippen LogP contribution in [0.15, 0.2) is 71.9 Å². The molecule has 4 rings (SSSR count). The van der Waals surface area contributed by atoms with Gasteiger partial charge in [-0.25, -0.2) is 4.98 Å². The fourth-order valence-corrected chi connectivity index (χ4v) is 3.30. The van der Waals surface area contributed by atoms with E-state index in [0.29, 0.717) is 11.0 Å². The van der Waals surface area contributed by atoms with E-state index in [2.05, 4.69) is 15.4 Å². The molecule has 0 fully saturated rings. The number of nitrogens with one attached hydrogen (secondary N) is 1. The van der Waals surface area contributed by atoms with Crippen LogP contribution in [-0.2, 0) is 18.4 Å². The molecule has 1 N–H and O–H groups in total. The quantitative estimate of drug-likeness (QED) is 0.570. The van der Waals surface area contributed by atoms with Crippen LogP contribution in [0.4, 0.5) is 0 Å². The summed E-state index contributed by atoms with van der Waals surface area (Å²) in [7, 11) is 1.72. The van der Waals surface area contributed by atoms with E-state index >= 15 is 0 Å². The van der Waals surface area contributed by atoms with Gasteiger partial charge in [-0.2, -0.15) is 5.10 Å². The Kier molecular flexibility index (Phi) is 4.95. The van der Waals surface area contributed by atoms with E-state index in [9.17, 15) is 9.59 Å². The molecule has 2 heterocycles. The molecule has 4 aromatic rings. The van der Waals surface area contributed by atoms with Crippen molar-refractivity contribution in [3.05, 3.63) is 94.2 Å². The summed E-state index contributed by atoms with van der Waals surface area (Å²) in [6.45, 7) is 1.90. The van der Waals surface area contributed by atoms with Crippen molar-refractivity contribution in [1.82, 2.24) is 24.6 Å². The number of aryl methyl sites for hydroxylation is 2. The van der Waals surface area contributed by atoms with E-state index < -0.39 is 0 Å².